The molecule has 2 N–H and O–H groups in total. The Labute approximate surface area is 172 Å². The van der Waals surface area contributed by atoms with Crippen molar-refractivity contribution in [3.63, 3.8) is 0 Å². The van der Waals surface area contributed by atoms with Gasteiger partial charge in [0.05, 0.1) is 12.8 Å². The quantitative estimate of drug-likeness (QED) is 0.384. The maximum atomic E-state index is 12.2. The summed E-state index contributed by atoms with van der Waals surface area (Å²) in [6, 6.07) is 23.2. The molecule has 0 fully saturated rings. The second-order valence-electron chi connectivity index (χ2n) is 6.50. The molecule has 30 heavy (non-hydrogen) atoms. The van der Waals surface area contributed by atoms with Crippen molar-refractivity contribution in [1.82, 2.24) is 25.6 Å². The normalized spacial score (nSPS) is 10.9. The zero-order valence-corrected chi connectivity index (χ0v) is 15.9. The molecule has 0 spiro atoms. The fourth-order valence-corrected chi connectivity index (χ4v) is 2.73. The van der Waals surface area contributed by atoms with Crippen molar-refractivity contribution in [1.29, 1.82) is 0 Å². The van der Waals surface area contributed by atoms with Gasteiger partial charge in [-0.2, -0.15) is 9.90 Å². The number of aromatic nitrogens is 4. The number of tetrazole rings is 1. The molecule has 1 amide bonds. The Bertz CT molecular complexity index is 1150. The van der Waals surface area contributed by atoms with Crippen molar-refractivity contribution in [2.45, 2.75) is 6.54 Å². The van der Waals surface area contributed by atoms with Gasteiger partial charge in [0.2, 0.25) is 5.82 Å². The van der Waals surface area contributed by atoms with E-state index in [0.717, 1.165) is 16.7 Å². The monoisotopic (exact) mass is 398 g/mol. The zero-order valence-electron chi connectivity index (χ0n) is 15.9. The Balaban J connectivity index is 1.35. The Morgan fingerprint density at radius 2 is 1.73 bits per heavy atom. The van der Waals surface area contributed by atoms with Crippen LogP contribution in [0.1, 0.15) is 21.5 Å². The van der Waals surface area contributed by atoms with Crippen LogP contribution in [0.2, 0.25) is 0 Å². The number of phenols is 1. The predicted molar refractivity (Wildman–Crippen MR) is 112 cm³/mol. The number of nitrogens with one attached hydrogen (secondary N) is 1. The highest BCUT2D eigenvalue weighted by Crippen LogP contribution is 2.13. The van der Waals surface area contributed by atoms with E-state index in [1.165, 1.54) is 11.0 Å². The second kappa shape index (κ2) is 8.78. The van der Waals surface area contributed by atoms with Gasteiger partial charge in [-0.15, -0.1) is 10.2 Å². The first-order valence-corrected chi connectivity index (χ1v) is 9.22. The number of amides is 1. The summed E-state index contributed by atoms with van der Waals surface area (Å²) in [5.74, 6) is 0.425. The summed E-state index contributed by atoms with van der Waals surface area (Å²) in [4.78, 5) is 13.7. The van der Waals surface area contributed by atoms with E-state index < -0.39 is 0 Å². The lowest BCUT2D eigenvalue weighted by atomic mass is 10.1. The van der Waals surface area contributed by atoms with Gasteiger partial charge in [0.25, 0.3) is 5.91 Å². The van der Waals surface area contributed by atoms with E-state index in [-0.39, 0.29) is 11.7 Å². The number of hydrogen-bond acceptors (Lipinski definition) is 6. The van der Waals surface area contributed by atoms with E-state index in [4.69, 9.17) is 0 Å². The molecule has 0 bridgehead atoms. The summed E-state index contributed by atoms with van der Waals surface area (Å²) >= 11 is 0. The Morgan fingerprint density at radius 1 is 1.00 bits per heavy atom. The van der Waals surface area contributed by atoms with Crippen LogP contribution in [0.5, 0.6) is 5.75 Å². The largest absolute Gasteiger partial charge is 0.508 e. The Kier molecular flexibility index (Phi) is 5.56. The van der Waals surface area contributed by atoms with E-state index in [2.05, 4.69) is 25.9 Å². The summed E-state index contributed by atoms with van der Waals surface area (Å²) in [7, 11) is 0. The van der Waals surface area contributed by atoms with Gasteiger partial charge in [-0.1, -0.05) is 42.5 Å². The van der Waals surface area contributed by atoms with Crippen molar-refractivity contribution < 1.29 is 9.90 Å². The van der Waals surface area contributed by atoms with E-state index in [9.17, 15) is 9.90 Å². The van der Waals surface area contributed by atoms with Crippen molar-refractivity contribution in [2.24, 2.45) is 5.10 Å². The van der Waals surface area contributed by atoms with Gasteiger partial charge < -0.3 is 5.11 Å². The van der Waals surface area contributed by atoms with Crippen molar-refractivity contribution >= 4 is 12.1 Å². The molecular weight excluding hydrogens is 380 g/mol. The summed E-state index contributed by atoms with van der Waals surface area (Å²) < 4.78 is 0. The van der Waals surface area contributed by atoms with Gasteiger partial charge in [-0.05, 0) is 52.7 Å². The molecule has 1 heterocycles. The van der Waals surface area contributed by atoms with Crippen LogP contribution >= 0.6 is 0 Å². The molecule has 148 valence electrons. The number of hydrogen-bond donors (Lipinski definition) is 2. The fourth-order valence-electron chi connectivity index (χ4n) is 2.73. The number of phenolic OH excluding ortho intramolecular Hbond substituents is 1. The molecule has 0 saturated carbocycles. The van der Waals surface area contributed by atoms with E-state index in [0.29, 0.717) is 17.9 Å². The molecule has 0 aliphatic heterocycles. The number of aromatic hydroxyl groups is 1. The number of hydrazone groups is 1. The minimum absolute atomic E-state index is 0.175. The third-order valence-electron chi connectivity index (χ3n) is 4.30. The average Bonchev–Trinajstić information content (AvgIpc) is 3.25. The highest BCUT2D eigenvalue weighted by molar-refractivity contribution is 5.94. The maximum absolute atomic E-state index is 12.2. The van der Waals surface area contributed by atoms with Crippen molar-refractivity contribution in [2.75, 3.05) is 0 Å². The SMILES string of the molecule is O=C(N/N=C\c1ccc(O)cc1)c1ccc(Cn2nnc(-c3ccccc3)n2)cc1. The summed E-state index contributed by atoms with van der Waals surface area (Å²) in [5, 5.41) is 25.7. The van der Waals surface area contributed by atoms with E-state index in [1.54, 1.807) is 36.4 Å². The summed E-state index contributed by atoms with van der Waals surface area (Å²) in [6.45, 7) is 0.445. The average molecular weight is 398 g/mol. The first-order chi connectivity index (χ1) is 14.7. The molecule has 0 radical (unpaired) electrons. The van der Waals surface area contributed by atoms with Gasteiger partial charge >= 0.3 is 0 Å². The molecular formula is C22H18N6O2. The van der Waals surface area contributed by atoms with Crippen molar-refractivity contribution in [3.8, 4) is 17.1 Å². The topological polar surface area (TPSA) is 105 Å². The Morgan fingerprint density at radius 3 is 2.47 bits per heavy atom. The lowest BCUT2D eigenvalue weighted by Crippen LogP contribution is -2.17. The molecule has 0 aliphatic carbocycles. The third-order valence-corrected chi connectivity index (χ3v) is 4.30. The molecule has 1 aromatic heterocycles. The molecule has 0 saturated heterocycles. The molecule has 8 heteroatoms. The van der Waals surface area contributed by atoms with E-state index in [1.807, 2.05) is 42.5 Å². The Hall–Kier alpha value is -4.33. The first-order valence-electron chi connectivity index (χ1n) is 9.22. The second-order valence-corrected chi connectivity index (χ2v) is 6.50. The molecule has 4 rings (SSSR count). The molecule has 3 aromatic carbocycles. The minimum atomic E-state index is -0.318. The molecule has 8 nitrogen and oxygen atoms in total. The van der Waals surface area contributed by atoms with Crippen LogP contribution in [0.15, 0.2) is 84.0 Å². The van der Waals surface area contributed by atoms with Crippen LogP contribution < -0.4 is 5.43 Å². The fraction of sp³-hybridized carbons (Fsp3) is 0.0455. The molecule has 0 unspecified atom stereocenters. The van der Waals surface area contributed by atoms with Gasteiger partial charge in [0.1, 0.15) is 5.75 Å². The lowest BCUT2D eigenvalue weighted by molar-refractivity contribution is 0.0955. The first kappa shape index (κ1) is 19.0. The van der Waals surface area contributed by atoms with Crippen LogP contribution in [0.4, 0.5) is 0 Å². The van der Waals surface area contributed by atoms with Crippen LogP contribution in [0.3, 0.4) is 0 Å². The zero-order chi connectivity index (χ0) is 20.8. The number of rotatable bonds is 6. The predicted octanol–water partition coefficient (Wildman–Crippen LogP) is 2.86. The van der Waals surface area contributed by atoms with Gasteiger partial charge in [-0.3, -0.25) is 4.79 Å². The van der Waals surface area contributed by atoms with Crippen LogP contribution in [0.25, 0.3) is 11.4 Å². The molecule has 4 aromatic rings. The summed E-state index contributed by atoms with van der Waals surface area (Å²) in [5.41, 5.74) is 5.57. The smallest absolute Gasteiger partial charge is 0.271 e. The van der Waals surface area contributed by atoms with Gasteiger partial charge in [0, 0.05) is 11.1 Å². The number of carbonyl (C=O) groups excluding carboxylic acids is 1. The van der Waals surface area contributed by atoms with Crippen molar-refractivity contribution in [3.05, 3.63) is 95.6 Å². The minimum Gasteiger partial charge on any atom is -0.508 e. The number of carbonyl (C=O) groups is 1. The maximum Gasteiger partial charge on any atom is 0.271 e. The third kappa shape index (κ3) is 4.74. The number of nitrogens with zero attached hydrogens (tertiary/aromatic N) is 5. The van der Waals surface area contributed by atoms with Gasteiger partial charge in [0.15, 0.2) is 0 Å². The highest BCUT2D eigenvalue weighted by Gasteiger charge is 2.07. The van der Waals surface area contributed by atoms with Crippen LogP contribution in [0, 0.1) is 0 Å². The van der Waals surface area contributed by atoms with Crippen LogP contribution in [-0.4, -0.2) is 37.4 Å². The lowest BCUT2D eigenvalue weighted by Gasteiger charge is -2.03. The van der Waals surface area contributed by atoms with Crippen LogP contribution in [-0.2, 0) is 6.54 Å². The molecule has 0 atom stereocenters. The van der Waals surface area contributed by atoms with E-state index >= 15 is 0 Å². The molecule has 0 aliphatic rings. The number of benzene rings is 3. The summed E-state index contributed by atoms with van der Waals surface area (Å²) in [6.07, 6.45) is 1.51. The highest BCUT2D eigenvalue weighted by atomic mass is 16.3. The standard InChI is InChI=1S/C22H18N6O2/c29-20-12-8-16(9-13-20)14-23-25-22(30)19-10-6-17(7-11-19)15-28-26-21(24-27-28)18-4-2-1-3-5-18/h1-14,29H,15H2,(H,25,30)/b23-14-. The van der Waals surface area contributed by atoms with Gasteiger partial charge in [-0.25, -0.2) is 5.43 Å².